The van der Waals surface area contributed by atoms with Crippen molar-refractivity contribution in [2.45, 2.75) is 27.7 Å². The molecule has 0 spiro atoms. The Morgan fingerprint density at radius 1 is 0.966 bits per heavy atom. The Balaban J connectivity index is 0.00000117. The molecule has 0 aliphatic heterocycles. The average Bonchev–Trinajstić information content (AvgIpc) is 3.22. The van der Waals surface area contributed by atoms with Gasteiger partial charge in [0.05, 0.1) is 23.9 Å². The number of aromatic nitrogens is 5. The zero-order valence-electron chi connectivity index (χ0n) is 17.3. The Morgan fingerprint density at radius 3 is 2.24 bits per heavy atom. The zero-order chi connectivity index (χ0) is 21.3. The van der Waals surface area contributed by atoms with Crippen molar-refractivity contribution >= 4 is 11.2 Å². The number of pyridine rings is 1. The van der Waals surface area contributed by atoms with Gasteiger partial charge in [-0.3, -0.25) is 9.25 Å². The molecule has 8 heteroatoms. The predicted octanol–water partition coefficient (Wildman–Crippen LogP) is 4.75. The molecule has 0 unspecified atom stereocenters. The van der Waals surface area contributed by atoms with Gasteiger partial charge in [0.1, 0.15) is 35.0 Å². The number of nitrogens with zero attached hydrogens (tertiary/aromatic N) is 5. The first-order chi connectivity index (χ1) is 13.9. The number of benzene rings is 1. The molecule has 0 saturated heterocycles. The maximum Gasteiger partial charge on any atom is 0.165 e. The molecule has 0 amide bonds. The summed E-state index contributed by atoms with van der Waals surface area (Å²) in [4.78, 5) is 8.79. The highest BCUT2D eigenvalue weighted by Gasteiger charge is 2.25. The number of methoxy groups -OCH3 is 1. The minimum atomic E-state index is -0.725. The number of ether oxygens (including phenoxy) is 1. The van der Waals surface area contributed by atoms with E-state index < -0.39 is 11.6 Å². The van der Waals surface area contributed by atoms with Crippen LogP contribution in [0.25, 0.3) is 28.1 Å². The van der Waals surface area contributed by atoms with E-state index in [0.29, 0.717) is 28.2 Å². The summed E-state index contributed by atoms with van der Waals surface area (Å²) < 4.78 is 37.7. The van der Waals surface area contributed by atoms with Crippen LogP contribution in [-0.4, -0.2) is 31.4 Å². The fourth-order valence-corrected chi connectivity index (χ4v) is 3.28. The average molecular weight is 399 g/mol. The highest BCUT2D eigenvalue weighted by atomic mass is 19.1. The molecule has 152 valence electrons. The summed E-state index contributed by atoms with van der Waals surface area (Å²) in [5, 5.41) is 4.37. The molecular weight excluding hydrogens is 376 g/mol. The van der Waals surface area contributed by atoms with Crippen molar-refractivity contribution in [3.63, 3.8) is 0 Å². The number of halogens is 2. The molecule has 1 aromatic carbocycles. The molecule has 3 aromatic heterocycles. The summed E-state index contributed by atoms with van der Waals surface area (Å²) in [6.07, 6.45) is 3.30. The summed E-state index contributed by atoms with van der Waals surface area (Å²) in [5.41, 5.74) is 2.92. The number of aryl methyl sites for hydroxylation is 3. The third kappa shape index (κ3) is 3.46. The first kappa shape index (κ1) is 20.4. The summed E-state index contributed by atoms with van der Waals surface area (Å²) >= 11 is 0. The highest BCUT2D eigenvalue weighted by Crippen LogP contribution is 2.36. The maximum absolute atomic E-state index is 14.8. The smallest absolute Gasteiger partial charge is 0.165 e. The fraction of sp³-hybridized carbons (Fsp3) is 0.286. The molecule has 0 aliphatic rings. The van der Waals surface area contributed by atoms with Gasteiger partial charge in [0.2, 0.25) is 0 Å². The molecule has 0 N–H and O–H groups in total. The van der Waals surface area contributed by atoms with Gasteiger partial charge < -0.3 is 4.74 Å². The summed E-state index contributed by atoms with van der Waals surface area (Å²) in [6, 6.07) is 4.21. The van der Waals surface area contributed by atoms with Crippen molar-refractivity contribution < 1.29 is 13.5 Å². The normalized spacial score (nSPS) is 10.8. The van der Waals surface area contributed by atoms with Gasteiger partial charge in [0.25, 0.3) is 0 Å². The third-order valence-corrected chi connectivity index (χ3v) is 4.45. The van der Waals surface area contributed by atoms with Gasteiger partial charge >= 0.3 is 0 Å². The van der Waals surface area contributed by atoms with Crippen LogP contribution in [-0.2, 0) is 7.05 Å². The van der Waals surface area contributed by atoms with E-state index in [-0.39, 0.29) is 11.3 Å². The minimum absolute atomic E-state index is 0.113. The Bertz CT molecular complexity index is 1160. The molecular formula is C21H23F2N5O. The van der Waals surface area contributed by atoms with Gasteiger partial charge in [-0.25, -0.2) is 18.7 Å². The largest absolute Gasteiger partial charge is 0.497 e. The SMILES string of the molecule is CC.COc1cc(F)c(-c2c(C)nn(C)c2-n2cnc3cc(C)cnc32)c(F)c1. The lowest BCUT2D eigenvalue weighted by molar-refractivity contribution is 0.407. The molecule has 0 fully saturated rings. The van der Waals surface area contributed by atoms with E-state index in [0.717, 1.165) is 17.7 Å². The standard InChI is InChI=1S/C19H17F2N5O.C2H6/c1-10-5-15-18(22-8-10)26(9-23-15)19-16(11(2)24-25(19)3)17-13(20)6-12(27-4)7-14(17)21;1-2/h5-9H,1-4H3;1-2H3. The first-order valence-electron chi connectivity index (χ1n) is 9.27. The molecule has 0 saturated carbocycles. The number of fused-ring (bicyclic) bond motifs is 1. The molecule has 29 heavy (non-hydrogen) atoms. The van der Waals surface area contributed by atoms with Crippen LogP contribution in [0.2, 0.25) is 0 Å². The van der Waals surface area contributed by atoms with Crippen LogP contribution in [0.4, 0.5) is 8.78 Å². The predicted molar refractivity (Wildman–Crippen MR) is 108 cm³/mol. The lowest BCUT2D eigenvalue weighted by Gasteiger charge is -2.11. The van der Waals surface area contributed by atoms with Crippen LogP contribution in [0.15, 0.2) is 30.7 Å². The molecule has 0 radical (unpaired) electrons. The third-order valence-electron chi connectivity index (χ3n) is 4.45. The van der Waals surface area contributed by atoms with E-state index in [1.807, 2.05) is 26.8 Å². The fourth-order valence-electron chi connectivity index (χ4n) is 3.28. The molecule has 3 heterocycles. The van der Waals surface area contributed by atoms with Crippen molar-refractivity contribution in [3.05, 3.63) is 53.6 Å². The second kappa shape index (κ2) is 7.98. The van der Waals surface area contributed by atoms with Crippen molar-refractivity contribution in [3.8, 4) is 22.7 Å². The molecule has 0 bridgehead atoms. The number of imidazole rings is 1. The Hall–Kier alpha value is -3.29. The zero-order valence-corrected chi connectivity index (χ0v) is 17.3. The second-order valence-electron chi connectivity index (χ2n) is 6.34. The van der Waals surface area contributed by atoms with Crippen molar-refractivity contribution in [1.82, 2.24) is 24.3 Å². The van der Waals surface area contributed by atoms with E-state index in [1.165, 1.54) is 7.11 Å². The number of hydrogen-bond acceptors (Lipinski definition) is 4. The summed E-state index contributed by atoms with van der Waals surface area (Å²) in [7, 11) is 3.07. The van der Waals surface area contributed by atoms with Crippen molar-refractivity contribution in [2.24, 2.45) is 7.05 Å². The Morgan fingerprint density at radius 2 is 1.62 bits per heavy atom. The van der Waals surface area contributed by atoms with Gasteiger partial charge in [-0.05, 0) is 25.5 Å². The molecule has 4 rings (SSSR count). The van der Waals surface area contributed by atoms with Crippen molar-refractivity contribution in [2.75, 3.05) is 7.11 Å². The lowest BCUT2D eigenvalue weighted by atomic mass is 10.0. The Labute approximate surface area is 167 Å². The first-order valence-corrected chi connectivity index (χ1v) is 9.27. The van der Waals surface area contributed by atoms with Gasteiger partial charge in [0.15, 0.2) is 5.65 Å². The highest BCUT2D eigenvalue weighted by molar-refractivity contribution is 5.80. The number of hydrogen-bond donors (Lipinski definition) is 0. The van der Waals surface area contributed by atoms with Crippen LogP contribution in [0.5, 0.6) is 5.75 Å². The second-order valence-corrected chi connectivity index (χ2v) is 6.34. The topological polar surface area (TPSA) is 57.8 Å². The monoisotopic (exact) mass is 399 g/mol. The molecule has 6 nitrogen and oxygen atoms in total. The van der Waals surface area contributed by atoms with E-state index in [9.17, 15) is 8.78 Å². The van der Waals surface area contributed by atoms with E-state index in [1.54, 1.807) is 35.7 Å². The van der Waals surface area contributed by atoms with E-state index in [4.69, 9.17) is 4.74 Å². The Kier molecular flexibility index (Phi) is 5.63. The van der Waals surface area contributed by atoms with E-state index in [2.05, 4.69) is 15.1 Å². The molecule has 0 aliphatic carbocycles. The van der Waals surface area contributed by atoms with Crippen LogP contribution >= 0.6 is 0 Å². The summed E-state index contributed by atoms with van der Waals surface area (Å²) in [5.74, 6) is -0.855. The van der Waals surface area contributed by atoms with Gasteiger partial charge in [-0.1, -0.05) is 13.8 Å². The van der Waals surface area contributed by atoms with Gasteiger partial charge in [0, 0.05) is 25.4 Å². The van der Waals surface area contributed by atoms with Crippen molar-refractivity contribution in [1.29, 1.82) is 0 Å². The molecule has 0 atom stereocenters. The van der Waals surface area contributed by atoms with Gasteiger partial charge in [-0.15, -0.1) is 0 Å². The van der Waals surface area contributed by atoms with Crippen LogP contribution in [0.3, 0.4) is 0 Å². The maximum atomic E-state index is 14.8. The van der Waals surface area contributed by atoms with E-state index >= 15 is 0 Å². The van der Waals surface area contributed by atoms with Crippen LogP contribution in [0, 0.1) is 25.5 Å². The quantitative estimate of drug-likeness (QED) is 0.499. The molecule has 4 aromatic rings. The number of rotatable bonds is 3. The van der Waals surface area contributed by atoms with Crippen LogP contribution < -0.4 is 4.74 Å². The minimum Gasteiger partial charge on any atom is -0.497 e. The van der Waals surface area contributed by atoms with Crippen LogP contribution in [0.1, 0.15) is 25.1 Å². The van der Waals surface area contributed by atoms with Gasteiger partial charge in [-0.2, -0.15) is 5.10 Å². The summed E-state index contributed by atoms with van der Waals surface area (Å²) in [6.45, 7) is 7.63. The lowest BCUT2D eigenvalue weighted by Crippen LogP contribution is -2.05.